The van der Waals surface area contributed by atoms with Gasteiger partial charge in [-0.2, -0.15) is 13.2 Å². The van der Waals surface area contributed by atoms with Gasteiger partial charge in [-0.15, -0.1) is 0 Å². The number of rotatable bonds is 2. The highest BCUT2D eigenvalue weighted by Gasteiger charge is 2.31. The van der Waals surface area contributed by atoms with Crippen molar-refractivity contribution in [2.75, 3.05) is 10.6 Å². The number of anilines is 2. The van der Waals surface area contributed by atoms with Gasteiger partial charge in [0, 0.05) is 10.7 Å². The molecule has 0 unspecified atom stereocenters. The Hall–Kier alpha value is -2.25. The predicted molar refractivity (Wildman–Crippen MR) is 85.2 cm³/mol. The van der Waals surface area contributed by atoms with E-state index in [-0.39, 0.29) is 10.7 Å². The molecule has 0 heterocycles. The van der Waals surface area contributed by atoms with Gasteiger partial charge in [0.1, 0.15) is 0 Å². The second-order valence-electron chi connectivity index (χ2n) is 4.61. The number of hydrogen-bond acceptors (Lipinski definition) is 2. The third kappa shape index (κ3) is 4.62. The van der Waals surface area contributed by atoms with E-state index in [2.05, 4.69) is 5.32 Å². The Morgan fingerprint density at radius 3 is 2.04 bits per heavy atom. The zero-order chi connectivity index (χ0) is 17.9. The molecule has 0 aliphatic carbocycles. The number of carbonyl (C=O) groups is 2. The number of amides is 2. The zero-order valence-electron chi connectivity index (χ0n) is 11.7. The van der Waals surface area contributed by atoms with Crippen LogP contribution < -0.4 is 10.6 Å². The fourth-order valence-corrected chi connectivity index (χ4v) is 1.99. The lowest BCUT2D eigenvalue weighted by Gasteiger charge is -2.11. The number of carbonyl (C=O) groups excluding carboxylic acids is 2. The van der Waals surface area contributed by atoms with Crippen LogP contribution in [0.1, 0.15) is 5.56 Å². The summed E-state index contributed by atoms with van der Waals surface area (Å²) in [5.41, 5.74) is -1.02. The van der Waals surface area contributed by atoms with Gasteiger partial charge in [0.2, 0.25) is 0 Å². The number of halogens is 5. The normalized spacial score (nSPS) is 11.0. The summed E-state index contributed by atoms with van der Waals surface area (Å²) in [4.78, 5) is 23.6. The first kappa shape index (κ1) is 18.1. The van der Waals surface area contributed by atoms with E-state index in [1.54, 1.807) is 0 Å². The molecule has 0 atom stereocenters. The first-order valence-corrected chi connectivity index (χ1v) is 7.17. The van der Waals surface area contributed by atoms with E-state index in [1.165, 1.54) is 24.3 Å². The highest BCUT2D eigenvalue weighted by molar-refractivity contribution is 6.44. The predicted octanol–water partition coefficient (Wildman–Crippen LogP) is 4.59. The van der Waals surface area contributed by atoms with Crippen LogP contribution in [-0.2, 0) is 15.8 Å². The van der Waals surface area contributed by atoms with Crippen LogP contribution >= 0.6 is 23.2 Å². The topological polar surface area (TPSA) is 58.2 Å². The maximum absolute atomic E-state index is 12.7. The van der Waals surface area contributed by atoms with Crippen molar-refractivity contribution < 1.29 is 22.8 Å². The molecule has 4 nitrogen and oxygen atoms in total. The number of hydrogen-bond donors (Lipinski definition) is 2. The van der Waals surface area contributed by atoms with Crippen molar-refractivity contribution in [1.82, 2.24) is 0 Å². The number of benzene rings is 2. The lowest BCUT2D eigenvalue weighted by Crippen LogP contribution is -2.29. The Bertz CT molecular complexity index is 777. The van der Waals surface area contributed by atoms with Crippen LogP contribution in [0.5, 0.6) is 0 Å². The second-order valence-corrected chi connectivity index (χ2v) is 5.45. The van der Waals surface area contributed by atoms with Gasteiger partial charge in [0.25, 0.3) is 0 Å². The minimum absolute atomic E-state index is 0.129. The molecule has 0 aromatic heterocycles. The monoisotopic (exact) mass is 376 g/mol. The van der Waals surface area contributed by atoms with Crippen molar-refractivity contribution >= 4 is 46.4 Å². The summed E-state index contributed by atoms with van der Waals surface area (Å²) in [5, 5.41) is 4.63. The van der Waals surface area contributed by atoms with E-state index in [1.807, 2.05) is 5.32 Å². The number of alkyl halides is 3. The average Bonchev–Trinajstić information content (AvgIpc) is 2.50. The first-order valence-electron chi connectivity index (χ1n) is 6.41. The number of nitrogens with one attached hydrogen (secondary N) is 2. The maximum Gasteiger partial charge on any atom is 0.416 e. The summed E-state index contributed by atoms with van der Waals surface area (Å²) < 4.78 is 38.0. The fraction of sp³-hybridized carbons (Fsp3) is 0.0667. The highest BCUT2D eigenvalue weighted by Crippen LogP contribution is 2.33. The summed E-state index contributed by atoms with van der Waals surface area (Å²) in [7, 11) is 0. The van der Waals surface area contributed by atoms with E-state index in [0.717, 1.165) is 12.1 Å². The molecule has 0 fully saturated rings. The molecule has 0 spiro atoms. The molecule has 2 aromatic rings. The Morgan fingerprint density at radius 2 is 1.46 bits per heavy atom. The molecule has 0 saturated carbocycles. The zero-order valence-corrected chi connectivity index (χ0v) is 13.3. The van der Waals surface area contributed by atoms with E-state index < -0.39 is 23.6 Å². The van der Waals surface area contributed by atoms with Crippen molar-refractivity contribution in [2.45, 2.75) is 6.18 Å². The van der Waals surface area contributed by atoms with E-state index in [4.69, 9.17) is 23.2 Å². The van der Waals surface area contributed by atoms with E-state index in [9.17, 15) is 22.8 Å². The Morgan fingerprint density at radius 1 is 0.875 bits per heavy atom. The van der Waals surface area contributed by atoms with Crippen LogP contribution in [0.3, 0.4) is 0 Å². The molecule has 2 aromatic carbocycles. The molecular formula is C15H9Cl2F3N2O2. The molecule has 0 radical (unpaired) electrons. The summed E-state index contributed by atoms with van der Waals surface area (Å²) >= 11 is 11.4. The summed E-state index contributed by atoms with van der Waals surface area (Å²) in [6, 6.07) is 8.33. The third-order valence-corrected chi connectivity index (χ3v) is 3.43. The molecule has 9 heteroatoms. The van der Waals surface area contributed by atoms with Crippen LogP contribution in [0.2, 0.25) is 10.0 Å². The molecule has 0 aliphatic rings. The Balaban J connectivity index is 2.11. The molecule has 0 bridgehead atoms. The molecule has 2 N–H and O–H groups in total. The Labute approximate surface area is 144 Å². The highest BCUT2D eigenvalue weighted by atomic mass is 35.5. The SMILES string of the molecule is O=C(Nc1ccc(Cl)cc1)C(=O)Nc1cc(C(F)(F)F)ccc1Cl. The summed E-state index contributed by atoms with van der Waals surface area (Å²) in [5.74, 6) is -2.23. The van der Waals surface area contributed by atoms with Gasteiger partial charge >= 0.3 is 18.0 Å². The van der Waals surface area contributed by atoms with Crippen molar-refractivity contribution in [1.29, 1.82) is 0 Å². The average molecular weight is 377 g/mol. The van der Waals surface area contributed by atoms with Crippen LogP contribution in [-0.4, -0.2) is 11.8 Å². The maximum atomic E-state index is 12.7. The van der Waals surface area contributed by atoms with Crippen LogP contribution in [0.4, 0.5) is 24.5 Å². The lowest BCUT2D eigenvalue weighted by atomic mass is 10.2. The molecule has 24 heavy (non-hydrogen) atoms. The standard InChI is InChI=1S/C15H9Cl2F3N2O2/c16-9-2-4-10(5-3-9)21-13(23)14(24)22-12-7-8(15(18,19)20)1-6-11(12)17/h1-7H,(H,21,23)(H,22,24). The fourth-order valence-electron chi connectivity index (χ4n) is 1.70. The summed E-state index contributed by atoms with van der Waals surface area (Å²) in [6.07, 6.45) is -4.60. The molecule has 126 valence electrons. The second kappa shape index (κ2) is 7.11. The quantitative estimate of drug-likeness (QED) is 0.753. The van der Waals surface area contributed by atoms with E-state index in [0.29, 0.717) is 16.8 Å². The minimum Gasteiger partial charge on any atom is -0.318 e. The lowest BCUT2D eigenvalue weighted by molar-refractivity contribution is -0.137. The van der Waals surface area contributed by atoms with Gasteiger partial charge in [0.15, 0.2) is 0 Å². The van der Waals surface area contributed by atoms with Crippen LogP contribution in [0, 0.1) is 0 Å². The van der Waals surface area contributed by atoms with E-state index >= 15 is 0 Å². The van der Waals surface area contributed by atoms with Crippen molar-refractivity contribution in [3.8, 4) is 0 Å². The molecule has 2 amide bonds. The molecular weight excluding hydrogens is 368 g/mol. The van der Waals surface area contributed by atoms with Crippen molar-refractivity contribution in [3.63, 3.8) is 0 Å². The van der Waals surface area contributed by atoms with Gasteiger partial charge in [-0.3, -0.25) is 9.59 Å². The largest absolute Gasteiger partial charge is 0.416 e. The van der Waals surface area contributed by atoms with Crippen molar-refractivity contribution in [3.05, 3.63) is 58.1 Å². The van der Waals surface area contributed by atoms with Crippen LogP contribution in [0.25, 0.3) is 0 Å². The molecule has 2 rings (SSSR count). The van der Waals surface area contributed by atoms with Gasteiger partial charge in [-0.25, -0.2) is 0 Å². The minimum atomic E-state index is -4.60. The molecule has 0 aliphatic heterocycles. The van der Waals surface area contributed by atoms with Crippen molar-refractivity contribution in [2.24, 2.45) is 0 Å². The van der Waals surface area contributed by atoms with Gasteiger partial charge in [-0.1, -0.05) is 23.2 Å². The third-order valence-electron chi connectivity index (χ3n) is 2.85. The smallest absolute Gasteiger partial charge is 0.318 e. The Kier molecular flexibility index (Phi) is 5.36. The van der Waals surface area contributed by atoms with Gasteiger partial charge in [-0.05, 0) is 42.5 Å². The summed E-state index contributed by atoms with van der Waals surface area (Å²) in [6.45, 7) is 0. The molecule has 0 saturated heterocycles. The first-order chi connectivity index (χ1) is 11.2. The van der Waals surface area contributed by atoms with Gasteiger partial charge < -0.3 is 10.6 Å². The van der Waals surface area contributed by atoms with Crippen LogP contribution in [0.15, 0.2) is 42.5 Å². The van der Waals surface area contributed by atoms with Gasteiger partial charge in [0.05, 0.1) is 16.3 Å².